The molecule has 1 fully saturated rings. The number of amides is 1. The fourth-order valence-electron chi connectivity index (χ4n) is 2.93. The molecule has 1 heterocycles. The number of hydrogen-bond acceptors (Lipinski definition) is 5. The summed E-state index contributed by atoms with van der Waals surface area (Å²) < 4.78 is 5.31. The van der Waals surface area contributed by atoms with Crippen LogP contribution in [-0.4, -0.2) is 28.5 Å². The van der Waals surface area contributed by atoms with E-state index >= 15 is 0 Å². The first kappa shape index (κ1) is 17.9. The fraction of sp³-hybridized carbons (Fsp3) is 0.706. The maximum atomic E-state index is 12.7. The van der Waals surface area contributed by atoms with E-state index in [1.807, 2.05) is 20.8 Å². The molecule has 0 unspecified atom stereocenters. The average Bonchev–Trinajstić information content (AvgIpc) is 2.99. The number of alkyl carbamates (subject to hydrolysis) is 1. The van der Waals surface area contributed by atoms with Gasteiger partial charge in [0, 0.05) is 11.6 Å². The lowest BCUT2D eigenvalue weighted by Gasteiger charge is -2.27. The Morgan fingerprint density at radius 1 is 1.35 bits per heavy atom. The van der Waals surface area contributed by atoms with Crippen molar-refractivity contribution >= 4 is 23.2 Å². The maximum Gasteiger partial charge on any atom is 0.408 e. The number of hydrogen-bond donors (Lipinski definition) is 1. The van der Waals surface area contributed by atoms with E-state index in [-0.39, 0.29) is 5.78 Å². The van der Waals surface area contributed by atoms with Crippen molar-refractivity contribution < 1.29 is 14.3 Å². The number of Topliss-reactive ketones (excluding diaryl/α,β-unsaturated/α-hetero) is 1. The number of carbonyl (C=O) groups is 2. The first-order valence-electron chi connectivity index (χ1n) is 8.28. The molecule has 23 heavy (non-hydrogen) atoms. The van der Waals surface area contributed by atoms with Crippen LogP contribution in [0.1, 0.15) is 69.1 Å². The van der Waals surface area contributed by atoms with E-state index in [1.54, 1.807) is 11.6 Å². The molecule has 1 aliphatic carbocycles. The van der Waals surface area contributed by atoms with Crippen LogP contribution in [0.15, 0.2) is 11.6 Å². The number of ketones is 1. The summed E-state index contributed by atoms with van der Waals surface area (Å²) in [6.07, 6.45) is 7.66. The van der Waals surface area contributed by atoms with Crippen LogP contribution in [0.5, 0.6) is 0 Å². The topological polar surface area (TPSA) is 68.3 Å². The highest BCUT2D eigenvalue weighted by atomic mass is 32.1. The van der Waals surface area contributed by atoms with Gasteiger partial charge in [0.2, 0.25) is 5.78 Å². The van der Waals surface area contributed by atoms with Gasteiger partial charge in [0.15, 0.2) is 5.01 Å². The van der Waals surface area contributed by atoms with Crippen molar-refractivity contribution in [2.45, 2.75) is 70.9 Å². The summed E-state index contributed by atoms with van der Waals surface area (Å²) in [7, 11) is 0. The molecule has 128 valence electrons. The van der Waals surface area contributed by atoms with E-state index in [9.17, 15) is 9.59 Å². The Morgan fingerprint density at radius 3 is 2.61 bits per heavy atom. The second kappa shape index (κ2) is 7.90. The molecule has 6 heteroatoms. The molecular weight excluding hydrogens is 312 g/mol. The summed E-state index contributed by atoms with van der Waals surface area (Å²) in [5.41, 5.74) is -0.580. The summed E-state index contributed by atoms with van der Waals surface area (Å²) in [6, 6.07) is -0.556. The smallest absolute Gasteiger partial charge is 0.408 e. The Hall–Kier alpha value is -1.43. The summed E-state index contributed by atoms with van der Waals surface area (Å²) in [4.78, 5) is 28.8. The zero-order valence-electron chi connectivity index (χ0n) is 14.1. The van der Waals surface area contributed by atoms with Crippen LogP contribution in [0.3, 0.4) is 0 Å². The minimum atomic E-state index is -0.580. The molecule has 1 aromatic heterocycles. The molecule has 1 aromatic rings. The van der Waals surface area contributed by atoms with Crippen LogP contribution in [0, 0.1) is 5.92 Å². The molecule has 0 aromatic carbocycles. The minimum Gasteiger partial charge on any atom is -0.444 e. The number of ether oxygens (including phenoxy) is 1. The number of carbonyl (C=O) groups excluding carboxylic acids is 2. The maximum absolute atomic E-state index is 12.7. The molecule has 1 amide bonds. The predicted octanol–water partition coefficient (Wildman–Crippen LogP) is 4.19. The monoisotopic (exact) mass is 338 g/mol. The van der Waals surface area contributed by atoms with Crippen molar-refractivity contribution in [3.63, 3.8) is 0 Å². The average molecular weight is 338 g/mol. The molecule has 1 N–H and O–H groups in total. The highest BCUT2D eigenvalue weighted by Gasteiger charge is 2.29. The van der Waals surface area contributed by atoms with E-state index in [1.165, 1.54) is 30.6 Å². The number of rotatable bonds is 5. The van der Waals surface area contributed by atoms with Crippen LogP contribution in [-0.2, 0) is 4.74 Å². The highest BCUT2D eigenvalue weighted by molar-refractivity contribution is 7.11. The molecule has 0 saturated heterocycles. The number of nitrogens with one attached hydrogen (secondary N) is 1. The van der Waals surface area contributed by atoms with Gasteiger partial charge in [0.1, 0.15) is 5.60 Å². The Bertz CT molecular complexity index is 516. The quantitative estimate of drug-likeness (QED) is 0.817. The molecule has 0 radical (unpaired) electrons. The van der Waals surface area contributed by atoms with Gasteiger partial charge in [0.05, 0.1) is 6.04 Å². The molecule has 1 saturated carbocycles. The van der Waals surface area contributed by atoms with Gasteiger partial charge in [-0.2, -0.15) is 0 Å². The molecule has 0 spiro atoms. The van der Waals surface area contributed by atoms with Gasteiger partial charge in [-0.25, -0.2) is 9.78 Å². The molecule has 0 bridgehead atoms. The van der Waals surface area contributed by atoms with E-state index in [2.05, 4.69) is 10.3 Å². The van der Waals surface area contributed by atoms with Crippen LogP contribution < -0.4 is 5.32 Å². The van der Waals surface area contributed by atoms with Crippen molar-refractivity contribution in [1.82, 2.24) is 10.3 Å². The lowest BCUT2D eigenvalue weighted by molar-refractivity contribution is 0.0481. The Labute approximate surface area is 141 Å². The molecule has 0 aliphatic heterocycles. The molecular formula is C17H26N2O3S. The summed E-state index contributed by atoms with van der Waals surface area (Å²) in [6.45, 7) is 5.43. The summed E-state index contributed by atoms with van der Waals surface area (Å²) in [5, 5.41) is 4.99. The lowest BCUT2D eigenvalue weighted by atomic mass is 9.84. The SMILES string of the molecule is CC(C)(C)OC(=O)N[C@@H](CC1CCCCC1)C(=O)c1nccs1. The highest BCUT2D eigenvalue weighted by Crippen LogP contribution is 2.28. The standard InChI is InChI=1S/C17H26N2O3S/c1-17(2,3)22-16(21)19-13(11-12-7-5-4-6-8-12)14(20)15-18-9-10-23-15/h9-10,12-13H,4-8,11H2,1-3H3,(H,19,21)/t13-/m0/s1. The largest absolute Gasteiger partial charge is 0.444 e. The van der Waals surface area contributed by atoms with Crippen molar-refractivity contribution in [3.8, 4) is 0 Å². The molecule has 2 rings (SSSR count). The molecule has 1 atom stereocenters. The third-order valence-corrected chi connectivity index (χ3v) is 4.73. The third-order valence-electron chi connectivity index (χ3n) is 3.94. The van der Waals surface area contributed by atoms with Crippen LogP contribution >= 0.6 is 11.3 Å². The van der Waals surface area contributed by atoms with Gasteiger partial charge in [-0.05, 0) is 33.1 Å². The lowest BCUT2D eigenvalue weighted by Crippen LogP contribution is -2.44. The Kier molecular flexibility index (Phi) is 6.16. The van der Waals surface area contributed by atoms with Gasteiger partial charge in [0.25, 0.3) is 0 Å². The first-order valence-corrected chi connectivity index (χ1v) is 9.16. The van der Waals surface area contributed by atoms with Crippen molar-refractivity contribution in [1.29, 1.82) is 0 Å². The Balaban J connectivity index is 2.04. The third kappa shape index (κ3) is 5.94. The molecule has 1 aliphatic rings. The van der Waals surface area contributed by atoms with Gasteiger partial charge in [-0.15, -0.1) is 11.3 Å². The zero-order valence-corrected chi connectivity index (χ0v) is 14.9. The molecule has 5 nitrogen and oxygen atoms in total. The number of nitrogens with zero attached hydrogens (tertiary/aromatic N) is 1. The number of aromatic nitrogens is 1. The second-order valence-corrected chi connectivity index (χ2v) is 8.03. The first-order chi connectivity index (χ1) is 10.8. The minimum absolute atomic E-state index is 0.114. The number of thiazole rings is 1. The van der Waals surface area contributed by atoms with Crippen LogP contribution in [0.4, 0.5) is 4.79 Å². The van der Waals surface area contributed by atoms with E-state index in [0.717, 1.165) is 12.8 Å². The van der Waals surface area contributed by atoms with Crippen molar-refractivity contribution in [3.05, 3.63) is 16.6 Å². The predicted molar refractivity (Wildman–Crippen MR) is 90.8 cm³/mol. The van der Waals surface area contributed by atoms with Gasteiger partial charge in [-0.3, -0.25) is 4.79 Å². The normalized spacial score (nSPS) is 17.5. The summed E-state index contributed by atoms with van der Waals surface area (Å²) >= 11 is 1.31. The van der Waals surface area contributed by atoms with Gasteiger partial charge >= 0.3 is 6.09 Å². The van der Waals surface area contributed by atoms with E-state index in [4.69, 9.17) is 4.74 Å². The van der Waals surface area contributed by atoms with Crippen molar-refractivity contribution in [2.75, 3.05) is 0 Å². The fourth-order valence-corrected chi connectivity index (χ4v) is 3.56. The van der Waals surface area contributed by atoms with E-state index in [0.29, 0.717) is 17.3 Å². The van der Waals surface area contributed by atoms with Crippen LogP contribution in [0.25, 0.3) is 0 Å². The van der Waals surface area contributed by atoms with Gasteiger partial charge in [-0.1, -0.05) is 32.1 Å². The van der Waals surface area contributed by atoms with E-state index < -0.39 is 17.7 Å². The zero-order chi connectivity index (χ0) is 16.9. The Morgan fingerprint density at radius 2 is 2.04 bits per heavy atom. The summed E-state index contributed by atoms with van der Waals surface area (Å²) in [5.74, 6) is 0.365. The van der Waals surface area contributed by atoms with Crippen LogP contribution in [0.2, 0.25) is 0 Å². The van der Waals surface area contributed by atoms with Crippen molar-refractivity contribution in [2.24, 2.45) is 5.92 Å². The second-order valence-electron chi connectivity index (χ2n) is 7.14. The van der Waals surface area contributed by atoms with Gasteiger partial charge < -0.3 is 10.1 Å².